The Bertz CT molecular complexity index is 434. The van der Waals surface area contributed by atoms with Crippen molar-refractivity contribution in [2.45, 2.75) is 32.6 Å². The quantitative estimate of drug-likeness (QED) is 0.749. The molecule has 3 aliphatic heterocycles. The molecule has 6 heteroatoms. The number of amides is 2. The number of carbonyl (C=O) groups excluding carboxylic acids is 2. The Morgan fingerprint density at radius 3 is 1.58 bits per heavy atom. The first-order valence-electron chi connectivity index (χ1n) is 9.62. The van der Waals surface area contributed by atoms with Crippen LogP contribution >= 0.6 is 0 Å². The number of likely N-dealkylation sites (tertiary alicyclic amines) is 2. The summed E-state index contributed by atoms with van der Waals surface area (Å²) in [4.78, 5) is 33.1. The second-order valence-corrected chi connectivity index (χ2v) is 7.70. The number of hydrogen-bond acceptors (Lipinski definition) is 4. The fraction of sp³-hybridized carbons (Fsp3) is 0.889. The van der Waals surface area contributed by atoms with Gasteiger partial charge in [-0.15, -0.1) is 0 Å². The standard InChI is InChI=1S/C18H32N4O2/c1-16-4-8-22(9-5-16)18(24)15-20-12-10-19(11-13-20)14-17(23)21-6-2-3-7-21/h16H,2-15H2,1H3. The van der Waals surface area contributed by atoms with E-state index in [1.54, 1.807) is 0 Å². The molecule has 3 fully saturated rings. The second kappa shape index (κ2) is 8.30. The predicted octanol–water partition coefficient (Wildman–Crippen LogP) is 0.485. The van der Waals surface area contributed by atoms with E-state index in [-0.39, 0.29) is 11.8 Å². The van der Waals surface area contributed by atoms with Crippen molar-refractivity contribution in [2.75, 3.05) is 65.4 Å². The summed E-state index contributed by atoms with van der Waals surface area (Å²) < 4.78 is 0. The maximum Gasteiger partial charge on any atom is 0.236 e. The summed E-state index contributed by atoms with van der Waals surface area (Å²) in [5.74, 6) is 1.31. The van der Waals surface area contributed by atoms with Crippen LogP contribution in [-0.4, -0.2) is 96.9 Å². The molecule has 2 amide bonds. The van der Waals surface area contributed by atoms with E-state index in [0.717, 1.165) is 84.0 Å². The molecule has 0 N–H and O–H groups in total. The zero-order chi connectivity index (χ0) is 16.9. The Morgan fingerprint density at radius 2 is 1.12 bits per heavy atom. The SMILES string of the molecule is CC1CCN(C(=O)CN2CCN(CC(=O)N3CCCC3)CC2)CC1. The monoisotopic (exact) mass is 336 g/mol. The largest absolute Gasteiger partial charge is 0.342 e. The molecule has 0 atom stereocenters. The molecule has 0 unspecified atom stereocenters. The molecule has 3 rings (SSSR count). The molecule has 0 aliphatic carbocycles. The van der Waals surface area contributed by atoms with Gasteiger partial charge < -0.3 is 9.80 Å². The third kappa shape index (κ3) is 4.70. The molecular formula is C18H32N4O2. The van der Waals surface area contributed by atoms with Crippen molar-refractivity contribution in [3.63, 3.8) is 0 Å². The molecule has 136 valence electrons. The van der Waals surface area contributed by atoms with E-state index in [9.17, 15) is 9.59 Å². The smallest absolute Gasteiger partial charge is 0.236 e. The van der Waals surface area contributed by atoms with E-state index in [2.05, 4.69) is 16.7 Å². The van der Waals surface area contributed by atoms with Gasteiger partial charge in [0, 0.05) is 52.4 Å². The van der Waals surface area contributed by atoms with Gasteiger partial charge in [-0.1, -0.05) is 6.92 Å². The van der Waals surface area contributed by atoms with Gasteiger partial charge in [0.15, 0.2) is 0 Å². The molecule has 24 heavy (non-hydrogen) atoms. The van der Waals surface area contributed by atoms with Gasteiger partial charge in [-0.2, -0.15) is 0 Å². The van der Waals surface area contributed by atoms with Gasteiger partial charge in [-0.3, -0.25) is 19.4 Å². The van der Waals surface area contributed by atoms with Crippen LogP contribution in [0.1, 0.15) is 32.6 Å². The van der Waals surface area contributed by atoms with Crippen LogP contribution in [0.5, 0.6) is 0 Å². The lowest BCUT2D eigenvalue weighted by Gasteiger charge is -2.36. The van der Waals surface area contributed by atoms with E-state index >= 15 is 0 Å². The third-order valence-corrected chi connectivity index (χ3v) is 5.78. The Kier molecular flexibility index (Phi) is 6.11. The summed E-state index contributed by atoms with van der Waals surface area (Å²) in [6, 6.07) is 0. The first-order chi connectivity index (χ1) is 11.6. The van der Waals surface area contributed by atoms with Crippen LogP contribution in [0.4, 0.5) is 0 Å². The minimum Gasteiger partial charge on any atom is -0.342 e. The lowest BCUT2D eigenvalue weighted by Crippen LogP contribution is -2.52. The Labute approximate surface area is 145 Å². The van der Waals surface area contributed by atoms with E-state index in [1.165, 1.54) is 0 Å². The van der Waals surface area contributed by atoms with Crippen LogP contribution in [0.3, 0.4) is 0 Å². The summed E-state index contributed by atoms with van der Waals surface area (Å²) in [5.41, 5.74) is 0. The van der Waals surface area contributed by atoms with Crippen molar-refractivity contribution in [2.24, 2.45) is 5.92 Å². The Hall–Kier alpha value is -1.14. The number of nitrogens with zero attached hydrogens (tertiary/aromatic N) is 4. The number of piperidine rings is 1. The molecule has 3 aliphatic rings. The fourth-order valence-corrected chi connectivity index (χ4v) is 3.91. The minimum atomic E-state index is 0.277. The van der Waals surface area contributed by atoms with Gasteiger partial charge in [-0.05, 0) is 31.6 Å². The van der Waals surface area contributed by atoms with Gasteiger partial charge in [-0.25, -0.2) is 0 Å². The van der Waals surface area contributed by atoms with Gasteiger partial charge >= 0.3 is 0 Å². The average Bonchev–Trinajstić information content (AvgIpc) is 3.12. The third-order valence-electron chi connectivity index (χ3n) is 5.78. The molecular weight excluding hydrogens is 304 g/mol. The highest BCUT2D eigenvalue weighted by Crippen LogP contribution is 2.16. The molecule has 0 aromatic carbocycles. The van der Waals surface area contributed by atoms with Crippen LogP contribution in [0, 0.1) is 5.92 Å². The molecule has 3 heterocycles. The van der Waals surface area contributed by atoms with E-state index in [1.807, 2.05) is 9.80 Å². The summed E-state index contributed by atoms with van der Waals surface area (Å²) >= 11 is 0. The van der Waals surface area contributed by atoms with Crippen molar-refractivity contribution in [3.05, 3.63) is 0 Å². The number of hydrogen-bond donors (Lipinski definition) is 0. The predicted molar refractivity (Wildman–Crippen MR) is 93.7 cm³/mol. The topological polar surface area (TPSA) is 47.1 Å². The normalized spacial score (nSPS) is 24.5. The summed E-state index contributed by atoms with van der Waals surface area (Å²) in [6.45, 7) is 10.6. The van der Waals surface area contributed by atoms with Crippen LogP contribution in [0.15, 0.2) is 0 Å². The molecule has 3 saturated heterocycles. The highest BCUT2D eigenvalue weighted by molar-refractivity contribution is 5.79. The highest BCUT2D eigenvalue weighted by atomic mass is 16.2. The zero-order valence-electron chi connectivity index (χ0n) is 15.1. The van der Waals surface area contributed by atoms with Gasteiger partial charge in [0.1, 0.15) is 0 Å². The molecule has 6 nitrogen and oxygen atoms in total. The fourth-order valence-electron chi connectivity index (χ4n) is 3.91. The summed E-state index contributed by atoms with van der Waals surface area (Å²) in [6.07, 6.45) is 4.57. The van der Waals surface area contributed by atoms with Crippen molar-refractivity contribution >= 4 is 11.8 Å². The molecule has 0 bridgehead atoms. The second-order valence-electron chi connectivity index (χ2n) is 7.70. The number of rotatable bonds is 4. The summed E-state index contributed by atoms with van der Waals surface area (Å²) in [7, 11) is 0. The van der Waals surface area contributed by atoms with Crippen LogP contribution in [0.2, 0.25) is 0 Å². The van der Waals surface area contributed by atoms with Crippen LogP contribution < -0.4 is 0 Å². The molecule has 0 aromatic heterocycles. The Morgan fingerprint density at radius 1 is 0.708 bits per heavy atom. The first kappa shape index (κ1) is 17.7. The van der Waals surface area contributed by atoms with Crippen molar-refractivity contribution in [1.82, 2.24) is 19.6 Å². The van der Waals surface area contributed by atoms with E-state index < -0.39 is 0 Å². The van der Waals surface area contributed by atoms with Crippen LogP contribution in [-0.2, 0) is 9.59 Å². The molecule has 0 spiro atoms. The van der Waals surface area contributed by atoms with Gasteiger partial charge in [0.05, 0.1) is 13.1 Å². The van der Waals surface area contributed by atoms with Gasteiger partial charge in [0.2, 0.25) is 11.8 Å². The molecule has 0 saturated carbocycles. The minimum absolute atomic E-state index is 0.277. The maximum absolute atomic E-state index is 12.4. The van der Waals surface area contributed by atoms with E-state index in [0.29, 0.717) is 13.1 Å². The van der Waals surface area contributed by atoms with Crippen molar-refractivity contribution in [3.8, 4) is 0 Å². The highest BCUT2D eigenvalue weighted by Gasteiger charge is 2.26. The van der Waals surface area contributed by atoms with Crippen molar-refractivity contribution in [1.29, 1.82) is 0 Å². The summed E-state index contributed by atoms with van der Waals surface area (Å²) in [5, 5.41) is 0. The number of carbonyl (C=O) groups is 2. The zero-order valence-corrected chi connectivity index (χ0v) is 15.1. The molecule has 0 radical (unpaired) electrons. The Balaban J connectivity index is 1.35. The maximum atomic E-state index is 12.4. The lowest BCUT2D eigenvalue weighted by atomic mass is 9.99. The van der Waals surface area contributed by atoms with Gasteiger partial charge in [0.25, 0.3) is 0 Å². The van der Waals surface area contributed by atoms with Crippen molar-refractivity contribution < 1.29 is 9.59 Å². The first-order valence-corrected chi connectivity index (χ1v) is 9.62. The average molecular weight is 336 g/mol. The molecule has 0 aromatic rings. The van der Waals surface area contributed by atoms with Crippen LogP contribution in [0.25, 0.3) is 0 Å². The lowest BCUT2D eigenvalue weighted by molar-refractivity contribution is -0.135. The van der Waals surface area contributed by atoms with E-state index in [4.69, 9.17) is 0 Å². The number of piperazine rings is 1.